The number of imide groups is 2. The van der Waals surface area contributed by atoms with Crippen molar-refractivity contribution in [2.45, 2.75) is 25.4 Å². The number of rotatable bonds is 3. The van der Waals surface area contributed by atoms with Gasteiger partial charge in [-0.15, -0.1) is 0 Å². The molecule has 9 heteroatoms. The first kappa shape index (κ1) is 20.2. The van der Waals surface area contributed by atoms with Crippen LogP contribution in [0.3, 0.4) is 0 Å². The summed E-state index contributed by atoms with van der Waals surface area (Å²) in [5, 5.41) is 4.57. The molecule has 2 aliphatic rings. The molecule has 0 radical (unpaired) electrons. The molecule has 0 saturated carbocycles. The highest BCUT2D eigenvalue weighted by Crippen LogP contribution is 2.28. The summed E-state index contributed by atoms with van der Waals surface area (Å²) in [5.74, 6) is -2.37. The van der Waals surface area contributed by atoms with Gasteiger partial charge in [-0.25, -0.2) is 0 Å². The second-order valence-corrected chi connectivity index (χ2v) is 8.31. The first-order chi connectivity index (χ1) is 14.3. The number of halogens is 1. The molecule has 0 aliphatic carbocycles. The zero-order valence-electron chi connectivity index (χ0n) is 15.6. The molecule has 2 aromatic carbocycles. The lowest BCUT2D eigenvalue weighted by Crippen LogP contribution is -2.52. The molecule has 2 aromatic rings. The van der Waals surface area contributed by atoms with Crippen LogP contribution in [0.4, 0.5) is 0 Å². The lowest BCUT2D eigenvalue weighted by molar-refractivity contribution is -0.136. The summed E-state index contributed by atoms with van der Waals surface area (Å²) in [5.41, 5.74) is 1.52. The third kappa shape index (κ3) is 3.84. The van der Waals surface area contributed by atoms with E-state index in [1.54, 1.807) is 30.3 Å². The first-order valence-electron chi connectivity index (χ1n) is 9.22. The summed E-state index contributed by atoms with van der Waals surface area (Å²) in [6, 6.07) is 10.7. The number of hydrogen-bond donors (Lipinski definition) is 2. The van der Waals surface area contributed by atoms with Crippen molar-refractivity contribution < 1.29 is 24.0 Å². The molecule has 5 amide bonds. The SMILES string of the molecule is O=C1CCC(N2Cc3ccc(C(=O)NC(=O)c4ccc(I)cc4)cc3C2=O)C(=O)N1. The van der Waals surface area contributed by atoms with Crippen LogP contribution >= 0.6 is 22.6 Å². The van der Waals surface area contributed by atoms with Crippen molar-refractivity contribution in [3.8, 4) is 0 Å². The van der Waals surface area contributed by atoms with Gasteiger partial charge in [-0.1, -0.05) is 6.07 Å². The third-order valence-electron chi connectivity index (χ3n) is 5.12. The van der Waals surface area contributed by atoms with E-state index in [9.17, 15) is 24.0 Å². The number of amides is 5. The van der Waals surface area contributed by atoms with E-state index >= 15 is 0 Å². The highest BCUT2D eigenvalue weighted by molar-refractivity contribution is 14.1. The van der Waals surface area contributed by atoms with Gasteiger partial charge in [0.25, 0.3) is 17.7 Å². The van der Waals surface area contributed by atoms with E-state index in [0.29, 0.717) is 16.7 Å². The molecule has 4 rings (SSSR count). The highest BCUT2D eigenvalue weighted by atomic mass is 127. The van der Waals surface area contributed by atoms with Crippen LogP contribution in [0, 0.1) is 3.57 Å². The van der Waals surface area contributed by atoms with E-state index in [0.717, 1.165) is 3.57 Å². The van der Waals surface area contributed by atoms with Gasteiger partial charge in [0, 0.05) is 33.2 Å². The highest BCUT2D eigenvalue weighted by Gasteiger charge is 2.39. The van der Waals surface area contributed by atoms with Crippen molar-refractivity contribution in [3.63, 3.8) is 0 Å². The van der Waals surface area contributed by atoms with E-state index in [2.05, 4.69) is 33.2 Å². The second-order valence-electron chi connectivity index (χ2n) is 7.06. The number of fused-ring (bicyclic) bond motifs is 1. The average molecular weight is 517 g/mol. The van der Waals surface area contributed by atoms with Crippen LogP contribution in [-0.2, 0) is 16.1 Å². The van der Waals surface area contributed by atoms with Crippen LogP contribution in [0.1, 0.15) is 49.5 Å². The molecular weight excluding hydrogens is 501 g/mol. The molecule has 1 unspecified atom stereocenters. The molecule has 2 heterocycles. The van der Waals surface area contributed by atoms with Crippen LogP contribution in [0.2, 0.25) is 0 Å². The maximum Gasteiger partial charge on any atom is 0.258 e. The second kappa shape index (κ2) is 7.98. The molecule has 0 spiro atoms. The Labute approximate surface area is 185 Å². The summed E-state index contributed by atoms with van der Waals surface area (Å²) < 4.78 is 0.966. The van der Waals surface area contributed by atoms with Crippen molar-refractivity contribution >= 4 is 52.1 Å². The minimum Gasteiger partial charge on any atom is -0.322 e. The molecule has 1 fully saturated rings. The summed E-state index contributed by atoms with van der Waals surface area (Å²) >= 11 is 2.12. The molecule has 8 nitrogen and oxygen atoms in total. The monoisotopic (exact) mass is 517 g/mol. The van der Waals surface area contributed by atoms with Crippen molar-refractivity contribution in [2.75, 3.05) is 0 Å². The van der Waals surface area contributed by atoms with Crippen LogP contribution < -0.4 is 10.6 Å². The molecule has 1 atom stereocenters. The number of hydrogen-bond acceptors (Lipinski definition) is 5. The number of carbonyl (C=O) groups excluding carboxylic acids is 5. The minimum atomic E-state index is -0.720. The summed E-state index contributed by atoms with van der Waals surface area (Å²) in [6.07, 6.45) is 0.438. The van der Waals surface area contributed by atoms with E-state index in [-0.39, 0.29) is 36.8 Å². The standard InChI is InChI=1S/C21H16IN3O5/c22-14-5-3-11(4-6-14)18(27)24-19(28)12-1-2-13-10-25(21(30)15(13)9-12)16-7-8-17(26)23-20(16)29/h1-6,9,16H,7-8,10H2,(H,23,26,29)(H,24,27,28). The molecule has 0 aromatic heterocycles. The van der Waals surface area contributed by atoms with Crippen LogP contribution in [0.5, 0.6) is 0 Å². The fraction of sp³-hybridized carbons (Fsp3) is 0.190. The third-order valence-corrected chi connectivity index (χ3v) is 5.84. The Kier molecular flexibility index (Phi) is 5.37. The summed E-state index contributed by atoms with van der Waals surface area (Å²) in [7, 11) is 0. The molecule has 1 saturated heterocycles. The van der Waals surface area contributed by atoms with E-state index in [1.807, 2.05) is 0 Å². The molecule has 152 valence electrons. The Balaban J connectivity index is 1.49. The van der Waals surface area contributed by atoms with Gasteiger partial charge in [-0.3, -0.25) is 34.6 Å². The molecule has 2 aliphatic heterocycles. The Hall–Kier alpha value is -3.08. The van der Waals surface area contributed by atoms with E-state index in [1.165, 1.54) is 17.0 Å². The Morgan fingerprint density at radius 3 is 2.37 bits per heavy atom. The molecule has 2 N–H and O–H groups in total. The molecule has 30 heavy (non-hydrogen) atoms. The molecule has 0 bridgehead atoms. The van der Waals surface area contributed by atoms with Gasteiger partial charge in [0.1, 0.15) is 6.04 Å². The van der Waals surface area contributed by atoms with Gasteiger partial charge in [0.2, 0.25) is 11.8 Å². The fourth-order valence-electron chi connectivity index (χ4n) is 3.54. The van der Waals surface area contributed by atoms with Gasteiger partial charge in [0.05, 0.1) is 0 Å². The Morgan fingerprint density at radius 2 is 1.67 bits per heavy atom. The number of nitrogens with zero attached hydrogens (tertiary/aromatic N) is 1. The van der Waals surface area contributed by atoms with Gasteiger partial charge in [-0.2, -0.15) is 0 Å². The summed E-state index contributed by atoms with van der Waals surface area (Å²) in [6.45, 7) is 0.226. The van der Waals surface area contributed by atoms with Crippen LogP contribution in [0.25, 0.3) is 0 Å². The van der Waals surface area contributed by atoms with Crippen molar-refractivity contribution in [2.24, 2.45) is 0 Å². The number of carbonyl (C=O) groups is 5. The van der Waals surface area contributed by atoms with Gasteiger partial charge >= 0.3 is 0 Å². The number of nitrogens with one attached hydrogen (secondary N) is 2. The van der Waals surface area contributed by atoms with E-state index in [4.69, 9.17) is 0 Å². The van der Waals surface area contributed by atoms with Gasteiger partial charge < -0.3 is 4.90 Å². The number of benzene rings is 2. The smallest absolute Gasteiger partial charge is 0.258 e. The quantitative estimate of drug-likeness (QED) is 0.475. The Morgan fingerprint density at radius 1 is 1.00 bits per heavy atom. The van der Waals surface area contributed by atoms with Crippen molar-refractivity contribution in [3.05, 3.63) is 68.3 Å². The normalized spacial score (nSPS) is 18.1. The van der Waals surface area contributed by atoms with Gasteiger partial charge in [-0.05, 0) is 71.0 Å². The molecular formula is C21H16IN3O5. The number of piperidine rings is 1. The predicted octanol–water partition coefficient (Wildman–Crippen LogP) is 1.62. The largest absolute Gasteiger partial charge is 0.322 e. The predicted molar refractivity (Wildman–Crippen MR) is 113 cm³/mol. The fourth-order valence-corrected chi connectivity index (χ4v) is 3.90. The maximum absolute atomic E-state index is 12.8. The van der Waals surface area contributed by atoms with Crippen LogP contribution in [0.15, 0.2) is 42.5 Å². The first-order valence-corrected chi connectivity index (χ1v) is 10.3. The van der Waals surface area contributed by atoms with Crippen molar-refractivity contribution in [1.29, 1.82) is 0 Å². The lowest BCUT2D eigenvalue weighted by atomic mass is 10.0. The summed E-state index contributed by atoms with van der Waals surface area (Å²) in [4.78, 5) is 62.5. The maximum atomic E-state index is 12.8. The Bertz CT molecular complexity index is 1100. The zero-order chi connectivity index (χ0) is 21.4. The zero-order valence-corrected chi connectivity index (χ0v) is 17.8. The topological polar surface area (TPSA) is 113 Å². The average Bonchev–Trinajstić information content (AvgIpc) is 3.04. The lowest BCUT2D eigenvalue weighted by Gasteiger charge is -2.29. The van der Waals surface area contributed by atoms with Crippen molar-refractivity contribution in [1.82, 2.24) is 15.5 Å². The van der Waals surface area contributed by atoms with Crippen LogP contribution in [-0.4, -0.2) is 40.5 Å². The van der Waals surface area contributed by atoms with E-state index < -0.39 is 23.8 Å². The van der Waals surface area contributed by atoms with Gasteiger partial charge in [0.15, 0.2) is 0 Å². The minimum absolute atomic E-state index is 0.171.